The average Bonchev–Trinajstić information content (AvgIpc) is 2.87. The Morgan fingerprint density at radius 2 is 2.20 bits per heavy atom. The topological polar surface area (TPSA) is 56.3 Å². The molecule has 0 saturated carbocycles. The van der Waals surface area contributed by atoms with Gasteiger partial charge in [0, 0.05) is 24.7 Å². The van der Waals surface area contributed by atoms with Crippen molar-refractivity contribution in [3.8, 4) is 10.9 Å². The van der Waals surface area contributed by atoms with E-state index in [1.165, 1.54) is 11.3 Å². The molecule has 0 aliphatic heterocycles. The second-order valence-corrected chi connectivity index (χ2v) is 6.02. The first-order valence-corrected chi connectivity index (χ1v) is 7.76. The van der Waals surface area contributed by atoms with E-state index in [-0.39, 0.29) is 0 Å². The molecule has 5 nitrogen and oxygen atoms in total. The molecule has 0 amide bonds. The number of aromatic nitrogens is 2. The number of rotatable bonds is 7. The minimum Gasteiger partial charge on any atom is -0.430 e. The quantitative estimate of drug-likeness (QED) is 0.771. The second kappa shape index (κ2) is 7.68. The maximum absolute atomic E-state index is 5.69. The van der Waals surface area contributed by atoms with Gasteiger partial charge in [-0.3, -0.25) is 0 Å². The summed E-state index contributed by atoms with van der Waals surface area (Å²) in [7, 11) is 1.68. The fraction of sp³-hybridized carbons (Fsp3) is 0.385. The number of benzene rings is 1. The summed E-state index contributed by atoms with van der Waals surface area (Å²) >= 11 is 4.90. The van der Waals surface area contributed by atoms with Crippen LogP contribution in [0.2, 0.25) is 0 Å². The van der Waals surface area contributed by atoms with Gasteiger partial charge in [-0.25, -0.2) is 0 Å². The highest BCUT2D eigenvalue weighted by atomic mass is 79.9. The summed E-state index contributed by atoms with van der Waals surface area (Å²) in [6, 6.07) is 5.82. The molecule has 1 heterocycles. The summed E-state index contributed by atoms with van der Waals surface area (Å²) in [5.74, 6) is 0.765. The number of ether oxygens (including phenoxy) is 2. The van der Waals surface area contributed by atoms with Gasteiger partial charge in [-0.2, -0.15) is 0 Å². The van der Waals surface area contributed by atoms with Crippen LogP contribution in [0.3, 0.4) is 0 Å². The van der Waals surface area contributed by atoms with E-state index in [1.807, 2.05) is 25.1 Å². The normalized spacial score (nSPS) is 10.8. The van der Waals surface area contributed by atoms with E-state index in [4.69, 9.17) is 9.47 Å². The fourth-order valence-corrected chi connectivity index (χ4v) is 2.43. The number of nitrogens with one attached hydrogen (secondary N) is 1. The van der Waals surface area contributed by atoms with Crippen LogP contribution in [0.5, 0.6) is 10.9 Å². The van der Waals surface area contributed by atoms with E-state index < -0.39 is 0 Å². The molecule has 0 aliphatic rings. The van der Waals surface area contributed by atoms with Crippen molar-refractivity contribution in [2.45, 2.75) is 13.5 Å². The largest absolute Gasteiger partial charge is 0.430 e. The lowest BCUT2D eigenvalue weighted by Gasteiger charge is -2.03. The van der Waals surface area contributed by atoms with E-state index in [9.17, 15) is 0 Å². The van der Waals surface area contributed by atoms with Gasteiger partial charge in [0.25, 0.3) is 5.19 Å². The Morgan fingerprint density at radius 3 is 2.95 bits per heavy atom. The Bertz CT molecular complexity index is 562. The number of methoxy groups -OCH3 is 1. The van der Waals surface area contributed by atoms with Crippen LogP contribution in [0.4, 0.5) is 0 Å². The third-order valence-electron chi connectivity index (χ3n) is 2.54. The number of halogens is 1. The monoisotopic (exact) mass is 357 g/mol. The molecule has 1 N–H and O–H groups in total. The molecule has 20 heavy (non-hydrogen) atoms. The van der Waals surface area contributed by atoms with Crippen LogP contribution in [0, 0.1) is 6.92 Å². The molecule has 0 radical (unpaired) electrons. The predicted octanol–water partition coefficient (Wildman–Crippen LogP) is 3.14. The molecular formula is C13H16BrN3O2S. The van der Waals surface area contributed by atoms with E-state index in [1.54, 1.807) is 7.11 Å². The number of hydrogen-bond donors (Lipinski definition) is 1. The first-order valence-electron chi connectivity index (χ1n) is 6.15. The molecule has 108 valence electrons. The van der Waals surface area contributed by atoms with Gasteiger partial charge in [0.05, 0.1) is 6.61 Å². The Morgan fingerprint density at radius 1 is 1.35 bits per heavy atom. The minimum atomic E-state index is 0.551. The van der Waals surface area contributed by atoms with E-state index in [0.29, 0.717) is 18.3 Å². The highest BCUT2D eigenvalue weighted by Crippen LogP contribution is 2.28. The molecule has 0 saturated heterocycles. The molecule has 2 rings (SSSR count). The van der Waals surface area contributed by atoms with E-state index in [0.717, 1.165) is 27.3 Å². The minimum absolute atomic E-state index is 0.551. The highest BCUT2D eigenvalue weighted by molar-refractivity contribution is 9.10. The van der Waals surface area contributed by atoms with Crippen molar-refractivity contribution >= 4 is 27.3 Å². The highest BCUT2D eigenvalue weighted by Gasteiger charge is 2.07. The van der Waals surface area contributed by atoms with E-state index >= 15 is 0 Å². The van der Waals surface area contributed by atoms with Gasteiger partial charge in [-0.05, 0) is 30.7 Å². The molecular weight excluding hydrogens is 342 g/mol. The molecule has 7 heteroatoms. The third-order valence-corrected chi connectivity index (χ3v) is 4.23. The molecule has 1 aromatic heterocycles. The van der Waals surface area contributed by atoms with Crippen molar-refractivity contribution in [2.24, 2.45) is 0 Å². The lowest BCUT2D eigenvalue weighted by molar-refractivity contribution is 0.199. The summed E-state index contributed by atoms with van der Waals surface area (Å²) in [6.07, 6.45) is 0. The van der Waals surface area contributed by atoms with E-state index in [2.05, 4.69) is 31.4 Å². The van der Waals surface area contributed by atoms with Crippen LogP contribution in [0.15, 0.2) is 22.7 Å². The van der Waals surface area contributed by atoms with Gasteiger partial charge < -0.3 is 14.8 Å². The molecule has 1 aromatic carbocycles. The summed E-state index contributed by atoms with van der Waals surface area (Å²) < 4.78 is 11.7. The summed E-state index contributed by atoms with van der Waals surface area (Å²) in [5, 5.41) is 12.8. The Kier molecular flexibility index (Phi) is 5.90. The standard InChI is InChI=1S/C13H16BrN3O2S/c1-9-7-10(3-4-11(9)14)19-13-17-16-12(20-13)8-15-5-6-18-2/h3-4,7,15H,5-6,8H2,1-2H3. The molecule has 0 aliphatic carbocycles. The zero-order valence-corrected chi connectivity index (χ0v) is 13.8. The van der Waals surface area contributed by atoms with Crippen molar-refractivity contribution in [3.63, 3.8) is 0 Å². The van der Waals surface area contributed by atoms with Crippen LogP contribution < -0.4 is 10.1 Å². The zero-order chi connectivity index (χ0) is 14.4. The Labute approximate surface area is 130 Å². The van der Waals surface area contributed by atoms with Gasteiger partial charge in [0.2, 0.25) is 0 Å². The Balaban J connectivity index is 1.90. The van der Waals surface area contributed by atoms with Crippen LogP contribution in [0.25, 0.3) is 0 Å². The van der Waals surface area contributed by atoms with Gasteiger partial charge in [-0.1, -0.05) is 32.4 Å². The first-order chi connectivity index (χ1) is 9.69. The van der Waals surface area contributed by atoms with Gasteiger partial charge in [0.1, 0.15) is 10.8 Å². The summed E-state index contributed by atoms with van der Waals surface area (Å²) in [5.41, 5.74) is 1.12. The first kappa shape index (κ1) is 15.4. The van der Waals surface area contributed by atoms with Gasteiger partial charge in [-0.15, -0.1) is 5.10 Å². The SMILES string of the molecule is COCCNCc1nnc(Oc2ccc(Br)c(C)c2)s1. The number of hydrogen-bond acceptors (Lipinski definition) is 6. The Hall–Kier alpha value is -1.02. The van der Waals surface area contributed by atoms with Crippen molar-refractivity contribution < 1.29 is 9.47 Å². The predicted molar refractivity (Wildman–Crippen MR) is 82.4 cm³/mol. The lowest BCUT2D eigenvalue weighted by Crippen LogP contribution is -2.18. The van der Waals surface area contributed by atoms with Crippen LogP contribution in [-0.2, 0) is 11.3 Å². The molecule has 0 atom stereocenters. The molecule has 0 fully saturated rings. The number of nitrogens with zero attached hydrogens (tertiary/aromatic N) is 2. The van der Waals surface area contributed by atoms with Crippen molar-refractivity contribution in [3.05, 3.63) is 33.2 Å². The molecule has 0 spiro atoms. The third kappa shape index (κ3) is 4.52. The zero-order valence-electron chi connectivity index (χ0n) is 11.4. The van der Waals surface area contributed by atoms with Crippen molar-refractivity contribution in [1.82, 2.24) is 15.5 Å². The van der Waals surface area contributed by atoms with Gasteiger partial charge >= 0.3 is 0 Å². The smallest absolute Gasteiger partial charge is 0.299 e. The maximum Gasteiger partial charge on any atom is 0.299 e. The lowest BCUT2D eigenvalue weighted by atomic mass is 10.2. The summed E-state index contributed by atoms with van der Waals surface area (Å²) in [6.45, 7) is 4.16. The second-order valence-electron chi connectivity index (χ2n) is 4.14. The van der Waals surface area contributed by atoms with Crippen LogP contribution in [0.1, 0.15) is 10.6 Å². The molecule has 2 aromatic rings. The van der Waals surface area contributed by atoms with Crippen molar-refractivity contribution in [2.75, 3.05) is 20.3 Å². The van der Waals surface area contributed by atoms with Crippen LogP contribution >= 0.6 is 27.3 Å². The maximum atomic E-state index is 5.69. The average molecular weight is 358 g/mol. The summed E-state index contributed by atoms with van der Waals surface area (Å²) in [4.78, 5) is 0. The van der Waals surface area contributed by atoms with Crippen molar-refractivity contribution in [1.29, 1.82) is 0 Å². The number of aryl methyl sites for hydroxylation is 1. The molecule has 0 bridgehead atoms. The van der Waals surface area contributed by atoms with Crippen LogP contribution in [-0.4, -0.2) is 30.5 Å². The van der Waals surface area contributed by atoms with Gasteiger partial charge in [0.15, 0.2) is 0 Å². The molecule has 0 unspecified atom stereocenters. The fourth-order valence-electron chi connectivity index (χ4n) is 1.50.